The van der Waals surface area contributed by atoms with Crippen molar-refractivity contribution in [1.82, 2.24) is 4.90 Å². The van der Waals surface area contributed by atoms with Crippen molar-refractivity contribution in [3.63, 3.8) is 0 Å². The summed E-state index contributed by atoms with van der Waals surface area (Å²) in [6, 6.07) is 22.1. The number of methoxy groups -OCH3 is 2. The number of likely N-dealkylation sites (tertiary alicyclic amines) is 1. The smallest absolute Gasteiger partial charge is 0.320 e. The Balaban J connectivity index is 1.84. The lowest BCUT2D eigenvalue weighted by Gasteiger charge is -2.40. The second kappa shape index (κ2) is 10.4. The van der Waals surface area contributed by atoms with Crippen LogP contribution in [0.3, 0.4) is 0 Å². The second-order valence-electron chi connectivity index (χ2n) is 8.05. The Bertz CT molecular complexity index is 1060. The molecule has 4 rings (SSSR count). The van der Waals surface area contributed by atoms with E-state index in [0.29, 0.717) is 30.2 Å². The minimum absolute atomic E-state index is 0.378. The zero-order valence-corrected chi connectivity index (χ0v) is 18.9. The molecule has 0 radical (unpaired) electrons. The topological polar surface area (TPSA) is 68.2 Å². The molecule has 1 N–H and O–H groups in total. The van der Waals surface area contributed by atoms with Crippen LogP contribution in [0, 0.1) is 0 Å². The fourth-order valence-electron chi connectivity index (χ4n) is 4.57. The zero-order valence-electron chi connectivity index (χ0n) is 18.9. The lowest BCUT2D eigenvalue weighted by molar-refractivity contribution is -0.145. The van der Waals surface area contributed by atoms with E-state index >= 15 is 0 Å². The van der Waals surface area contributed by atoms with Crippen LogP contribution in [0.1, 0.15) is 36.4 Å². The van der Waals surface area contributed by atoms with Crippen molar-refractivity contribution in [3.8, 4) is 23.0 Å². The number of rotatable bonds is 8. The van der Waals surface area contributed by atoms with Gasteiger partial charge in [0.05, 0.1) is 25.8 Å². The maximum absolute atomic E-state index is 12.2. The molecular formula is C27H29NO5. The van der Waals surface area contributed by atoms with E-state index in [2.05, 4.69) is 0 Å². The number of piperidine rings is 1. The van der Waals surface area contributed by atoms with Crippen LogP contribution in [0.2, 0.25) is 0 Å². The molecule has 1 saturated heterocycles. The highest BCUT2D eigenvalue weighted by molar-refractivity contribution is 5.74. The van der Waals surface area contributed by atoms with Crippen LogP contribution >= 0.6 is 0 Å². The van der Waals surface area contributed by atoms with Crippen LogP contribution in [0.4, 0.5) is 0 Å². The van der Waals surface area contributed by atoms with Crippen molar-refractivity contribution in [3.05, 3.63) is 83.9 Å². The molecule has 0 bridgehead atoms. The molecule has 1 heterocycles. The number of hydrogen-bond acceptors (Lipinski definition) is 5. The van der Waals surface area contributed by atoms with Gasteiger partial charge in [0, 0.05) is 0 Å². The van der Waals surface area contributed by atoms with E-state index in [1.807, 2.05) is 77.7 Å². The molecule has 0 amide bonds. The summed E-state index contributed by atoms with van der Waals surface area (Å²) >= 11 is 0. The molecular weight excluding hydrogens is 418 g/mol. The molecule has 6 heteroatoms. The van der Waals surface area contributed by atoms with Crippen molar-refractivity contribution < 1.29 is 24.1 Å². The average molecular weight is 448 g/mol. The number of carbonyl (C=O) groups is 1. The monoisotopic (exact) mass is 447 g/mol. The summed E-state index contributed by atoms with van der Waals surface area (Å²) < 4.78 is 17.5. The lowest BCUT2D eigenvalue weighted by atomic mass is 9.90. The van der Waals surface area contributed by atoms with E-state index in [-0.39, 0.29) is 6.04 Å². The van der Waals surface area contributed by atoms with Crippen molar-refractivity contribution in [2.75, 3.05) is 20.8 Å². The maximum Gasteiger partial charge on any atom is 0.320 e. The van der Waals surface area contributed by atoms with Crippen LogP contribution in [-0.2, 0) is 4.79 Å². The van der Waals surface area contributed by atoms with E-state index in [4.69, 9.17) is 14.2 Å². The Kier molecular flexibility index (Phi) is 7.15. The number of benzene rings is 3. The zero-order chi connectivity index (χ0) is 23.2. The van der Waals surface area contributed by atoms with E-state index in [0.717, 1.165) is 29.7 Å². The molecule has 2 unspecified atom stereocenters. The highest BCUT2D eigenvalue weighted by atomic mass is 16.5. The summed E-state index contributed by atoms with van der Waals surface area (Å²) in [6.45, 7) is 0.659. The first-order valence-corrected chi connectivity index (χ1v) is 11.1. The SMILES string of the molecule is COc1cccc(OC)c1C(c1cccc(Oc2ccccc2)c1)N1CCCCC1C(=O)O. The largest absolute Gasteiger partial charge is 0.496 e. The van der Waals surface area contributed by atoms with E-state index in [9.17, 15) is 9.90 Å². The lowest BCUT2D eigenvalue weighted by Crippen LogP contribution is -2.47. The first-order valence-electron chi connectivity index (χ1n) is 11.1. The first kappa shape index (κ1) is 22.7. The standard InChI is InChI=1S/C27H29NO5/c1-31-23-15-9-16-24(32-2)25(23)26(28-17-7-6-14-22(28)27(29)30)19-10-8-13-21(18-19)33-20-11-4-3-5-12-20/h3-5,8-13,15-16,18,22,26H,6-7,14,17H2,1-2H3,(H,29,30). The fraction of sp³-hybridized carbons (Fsp3) is 0.296. The van der Waals surface area contributed by atoms with Gasteiger partial charge in [-0.3, -0.25) is 9.69 Å². The first-order chi connectivity index (χ1) is 16.1. The number of nitrogens with zero attached hydrogens (tertiary/aromatic N) is 1. The molecule has 2 atom stereocenters. The Morgan fingerprint density at radius 1 is 0.909 bits per heavy atom. The Labute approximate surface area is 194 Å². The van der Waals surface area contributed by atoms with Gasteiger partial charge in [0.2, 0.25) is 0 Å². The molecule has 3 aromatic carbocycles. The van der Waals surface area contributed by atoms with Crippen LogP contribution in [0.15, 0.2) is 72.8 Å². The van der Waals surface area contributed by atoms with Gasteiger partial charge in [-0.1, -0.05) is 42.8 Å². The van der Waals surface area contributed by atoms with E-state index in [1.165, 1.54) is 0 Å². The number of carboxylic acids is 1. The fourth-order valence-corrected chi connectivity index (χ4v) is 4.57. The molecule has 0 spiro atoms. The molecule has 0 saturated carbocycles. The molecule has 3 aromatic rings. The van der Waals surface area contributed by atoms with Gasteiger partial charge in [0.1, 0.15) is 29.0 Å². The number of aliphatic carboxylic acids is 1. The van der Waals surface area contributed by atoms with Gasteiger partial charge >= 0.3 is 5.97 Å². The van der Waals surface area contributed by atoms with Crippen molar-refractivity contribution in [2.45, 2.75) is 31.3 Å². The van der Waals surface area contributed by atoms with Gasteiger partial charge < -0.3 is 19.3 Å². The summed E-state index contributed by atoms with van der Waals surface area (Å²) in [7, 11) is 3.24. The minimum Gasteiger partial charge on any atom is -0.496 e. The maximum atomic E-state index is 12.2. The minimum atomic E-state index is -0.815. The number of ether oxygens (including phenoxy) is 3. The molecule has 1 aliphatic rings. The van der Waals surface area contributed by atoms with Crippen molar-refractivity contribution in [1.29, 1.82) is 0 Å². The predicted molar refractivity (Wildman–Crippen MR) is 126 cm³/mol. The Morgan fingerprint density at radius 3 is 2.24 bits per heavy atom. The quantitative estimate of drug-likeness (QED) is 0.490. The van der Waals surface area contributed by atoms with Crippen LogP contribution < -0.4 is 14.2 Å². The van der Waals surface area contributed by atoms with Crippen molar-refractivity contribution in [2.24, 2.45) is 0 Å². The highest BCUT2D eigenvalue weighted by Crippen LogP contribution is 2.44. The number of carboxylic acid groups (broad SMARTS) is 1. The van der Waals surface area contributed by atoms with Gasteiger partial charge in [-0.15, -0.1) is 0 Å². The highest BCUT2D eigenvalue weighted by Gasteiger charge is 2.37. The molecule has 0 aliphatic carbocycles. The molecule has 0 aromatic heterocycles. The van der Waals surface area contributed by atoms with Crippen LogP contribution in [-0.4, -0.2) is 42.8 Å². The molecule has 33 heavy (non-hydrogen) atoms. The molecule has 1 fully saturated rings. The van der Waals surface area contributed by atoms with Crippen LogP contribution in [0.25, 0.3) is 0 Å². The van der Waals surface area contributed by atoms with Crippen LogP contribution in [0.5, 0.6) is 23.0 Å². The summed E-state index contributed by atoms with van der Waals surface area (Å²) in [4.78, 5) is 14.3. The summed E-state index contributed by atoms with van der Waals surface area (Å²) in [5.41, 5.74) is 1.73. The third-order valence-electron chi connectivity index (χ3n) is 6.05. The third kappa shape index (κ3) is 4.96. The average Bonchev–Trinajstić information content (AvgIpc) is 2.85. The van der Waals surface area contributed by atoms with Gasteiger partial charge in [-0.25, -0.2) is 0 Å². The summed E-state index contributed by atoms with van der Waals surface area (Å²) in [5.74, 6) is 1.92. The Hall–Kier alpha value is -3.51. The van der Waals surface area contributed by atoms with E-state index in [1.54, 1.807) is 14.2 Å². The predicted octanol–water partition coefficient (Wildman–Crippen LogP) is 5.52. The number of para-hydroxylation sites is 1. The number of hydrogen-bond donors (Lipinski definition) is 1. The van der Waals surface area contributed by atoms with Gasteiger partial charge in [-0.05, 0) is 61.3 Å². The normalized spacial score (nSPS) is 17.2. The Morgan fingerprint density at radius 2 is 1.58 bits per heavy atom. The third-order valence-corrected chi connectivity index (χ3v) is 6.05. The van der Waals surface area contributed by atoms with Gasteiger partial charge in [0.25, 0.3) is 0 Å². The summed E-state index contributed by atoms with van der Waals surface area (Å²) in [6.07, 6.45) is 2.42. The molecule has 6 nitrogen and oxygen atoms in total. The van der Waals surface area contributed by atoms with Gasteiger partial charge in [-0.2, -0.15) is 0 Å². The van der Waals surface area contributed by atoms with E-state index < -0.39 is 12.0 Å². The molecule has 1 aliphatic heterocycles. The van der Waals surface area contributed by atoms with Crippen molar-refractivity contribution >= 4 is 5.97 Å². The second-order valence-corrected chi connectivity index (χ2v) is 8.05. The van der Waals surface area contributed by atoms with Gasteiger partial charge in [0.15, 0.2) is 0 Å². The summed E-state index contributed by atoms with van der Waals surface area (Å²) in [5, 5.41) is 10.0. The molecule has 172 valence electrons.